The number of carbonyl (C=O) groups excluding carboxylic acids is 2. The lowest BCUT2D eigenvalue weighted by atomic mass is 10.1. The third-order valence-electron chi connectivity index (χ3n) is 4.97. The highest BCUT2D eigenvalue weighted by atomic mass is 16.1. The molecule has 2 aromatic carbocycles. The van der Waals surface area contributed by atoms with Crippen LogP contribution in [0, 0.1) is 0 Å². The van der Waals surface area contributed by atoms with Gasteiger partial charge in [-0.25, -0.2) is 0 Å². The normalized spacial score (nSPS) is 16.0. The highest BCUT2D eigenvalue weighted by molar-refractivity contribution is 5.93. The summed E-state index contributed by atoms with van der Waals surface area (Å²) in [6.07, 6.45) is 1.11. The molecular formula is C21H26N4O2. The molecule has 0 aliphatic carbocycles. The van der Waals surface area contributed by atoms with E-state index in [1.165, 1.54) is 11.1 Å². The molecule has 2 aromatic rings. The smallest absolute Gasteiger partial charge is 0.248 e. The molecule has 1 aliphatic rings. The molecule has 2 amide bonds. The fourth-order valence-electron chi connectivity index (χ4n) is 3.41. The molecule has 0 bridgehead atoms. The fourth-order valence-corrected chi connectivity index (χ4v) is 3.41. The number of amides is 2. The average Bonchev–Trinajstić information content (AvgIpc) is 2.88. The molecule has 0 unspecified atom stereocenters. The highest BCUT2D eigenvalue weighted by Crippen LogP contribution is 2.13. The zero-order valence-corrected chi connectivity index (χ0v) is 15.4. The summed E-state index contributed by atoms with van der Waals surface area (Å²) in [5, 5.41) is 0. The van der Waals surface area contributed by atoms with Gasteiger partial charge in [-0.05, 0) is 54.9 Å². The molecule has 1 saturated heterocycles. The van der Waals surface area contributed by atoms with Crippen LogP contribution in [-0.4, -0.2) is 47.8 Å². The summed E-state index contributed by atoms with van der Waals surface area (Å²) in [7, 11) is 0. The summed E-state index contributed by atoms with van der Waals surface area (Å²) in [6.45, 7) is 5.84. The maximum atomic E-state index is 11.2. The van der Waals surface area contributed by atoms with Gasteiger partial charge in [0.05, 0.1) is 0 Å². The van der Waals surface area contributed by atoms with Crippen LogP contribution in [0.15, 0.2) is 48.5 Å². The van der Waals surface area contributed by atoms with Gasteiger partial charge in [-0.1, -0.05) is 24.3 Å². The van der Waals surface area contributed by atoms with E-state index in [1.807, 2.05) is 24.3 Å². The second-order valence-electron chi connectivity index (χ2n) is 7.03. The van der Waals surface area contributed by atoms with Crippen LogP contribution >= 0.6 is 0 Å². The van der Waals surface area contributed by atoms with Gasteiger partial charge in [0.15, 0.2) is 0 Å². The van der Waals surface area contributed by atoms with E-state index in [-0.39, 0.29) is 0 Å². The van der Waals surface area contributed by atoms with Gasteiger partial charge >= 0.3 is 0 Å². The Kier molecular flexibility index (Phi) is 6.21. The van der Waals surface area contributed by atoms with Gasteiger partial charge in [0, 0.05) is 37.3 Å². The van der Waals surface area contributed by atoms with E-state index >= 15 is 0 Å². The van der Waals surface area contributed by atoms with E-state index < -0.39 is 11.8 Å². The summed E-state index contributed by atoms with van der Waals surface area (Å²) in [5.74, 6) is -0.786. The van der Waals surface area contributed by atoms with Crippen LogP contribution in [0.1, 0.15) is 38.3 Å². The molecule has 0 atom stereocenters. The number of nitrogens with two attached hydrogens (primary N) is 2. The zero-order chi connectivity index (χ0) is 19.2. The molecule has 0 aromatic heterocycles. The van der Waals surface area contributed by atoms with E-state index in [4.69, 9.17) is 11.5 Å². The Hall–Kier alpha value is -2.70. The first kappa shape index (κ1) is 19.1. The lowest BCUT2D eigenvalue weighted by molar-refractivity contribution is 0.0992. The number of carbonyl (C=O) groups is 2. The first-order valence-electron chi connectivity index (χ1n) is 9.23. The number of rotatable bonds is 6. The molecule has 0 spiro atoms. The van der Waals surface area contributed by atoms with Crippen LogP contribution in [0.2, 0.25) is 0 Å². The zero-order valence-electron chi connectivity index (χ0n) is 15.4. The molecule has 142 valence electrons. The quantitative estimate of drug-likeness (QED) is 0.812. The van der Waals surface area contributed by atoms with Gasteiger partial charge in [0.1, 0.15) is 0 Å². The predicted octanol–water partition coefficient (Wildman–Crippen LogP) is 1.59. The standard InChI is InChI=1S/C21H26N4O2/c22-20(26)18-6-2-16(3-7-18)14-24-10-1-11-25(13-12-24)15-17-4-8-19(9-5-17)21(23)27/h2-9H,1,10-15H2,(H2,22,26)(H2,23,27). The van der Waals surface area contributed by atoms with Crippen LogP contribution in [0.25, 0.3) is 0 Å². The lowest BCUT2D eigenvalue weighted by Gasteiger charge is -2.22. The van der Waals surface area contributed by atoms with Crippen molar-refractivity contribution < 1.29 is 9.59 Å². The molecule has 1 heterocycles. The van der Waals surface area contributed by atoms with Crippen molar-refractivity contribution in [2.75, 3.05) is 26.2 Å². The second kappa shape index (κ2) is 8.79. The van der Waals surface area contributed by atoms with Crippen LogP contribution in [0.5, 0.6) is 0 Å². The van der Waals surface area contributed by atoms with Crippen LogP contribution in [-0.2, 0) is 13.1 Å². The summed E-state index contributed by atoms with van der Waals surface area (Å²) in [4.78, 5) is 27.2. The van der Waals surface area contributed by atoms with Crippen molar-refractivity contribution in [3.05, 3.63) is 70.8 Å². The van der Waals surface area contributed by atoms with Gasteiger partial charge in [0.25, 0.3) is 0 Å². The van der Waals surface area contributed by atoms with Crippen molar-refractivity contribution in [3.8, 4) is 0 Å². The van der Waals surface area contributed by atoms with Gasteiger partial charge in [-0.3, -0.25) is 19.4 Å². The molecule has 1 fully saturated rings. The number of benzene rings is 2. The number of hydrogen-bond donors (Lipinski definition) is 2. The Morgan fingerprint density at radius 1 is 0.667 bits per heavy atom. The van der Waals surface area contributed by atoms with E-state index in [0.29, 0.717) is 11.1 Å². The highest BCUT2D eigenvalue weighted by Gasteiger charge is 2.15. The SMILES string of the molecule is NC(=O)c1ccc(CN2CCCN(Cc3ccc(C(N)=O)cc3)CC2)cc1. The Morgan fingerprint density at radius 2 is 1.04 bits per heavy atom. The number of nitrogens with zero attached hydrogens (tertiary/aromatic N) is 2. The van der Waals surface area contributed by atoms with Crippen molar-refractivity contribution in [1.29, 1.82) is 0 Å². The lowest BCUT2D eigenvalue weighted by Crippen LogP contribution is -2.30. The van der Waals surface area contributed by atoms with Crippen molar-refractivity contribution >= 4 is 11.8 Å². The summed E-state index contributed by atoms with van der Waals surface area (Å²) < 4.78 is 0. The molecular weight excluding hydrogens is 340 g/mol. The first-order chi connectivity index (χ1) is 13.0. The minimum absolute atomic E-state index is 0.393. The Morgan fingerprint density at radius 3 is 1.37 bits per heavy atom. The van der Waals surface area contributed by atoms with Crippen molar-refractivity contribution in [1.82, 2.24) is 9.80 Å². The number of primary amides is 2. The van der Waals surface area contributed by atoms with E-state index in [9.17, 15) is 9.59 Å². The maximum absolute atomic E-state index is 11.2. The Labute approximate surface area is 159 Å². The fraction of sp³-hybridized carbons (Fsp3) is 0.333. The largest absolute Gasteiger partial charge is 0.366 e. The first-order valence-corrected chi connectivity index (χ1v) is 9.23. The predicted molar refractivity (Wildman–Crippen MR) is 105 cm³/mol. The van der Waals surface area contributed by atoms with E-state index in [1.54, 1.807) is 24.3 Å². The third-order valence-corrected chi connectivity index (χ3v) is 4.97. The summed E-state index contributed by atoms with van der Waals surface area (Å²) >= 11 is 0. The van der Waals surface area contributed by atoms with Crippen LogP contribution in [0.3, 0.4) is 0 Å². The van der Waals surface area contributed by atoms with E-state index in [0.717, 1.165) is 45.7 Å². The Balaban J connectivity index is 1.52. The van der Waals surface area contributed by atoms with Gasteiger partial charge in [-0.15, -0.1) is 0 Å². The maximum Gasteiger partial charge on any atom is 0.248 e. The monoisotopic (exact) mass is 366 g/mol. The molecule has 0 saturated carbocycles. The Bertz CT molecular complexity index is 719. The third kappa shape index (κ3) is 5.39. The van der Waals surface area contributed by atoms with Crippen molar-refractivity contribution in [3.63, 3.8) is 0 Å². The molecule has 0 radical (unpaired) electrons. The van der Waals surface area contributed by atoms with Crippen LogP contribution < -0.4 is 11.5 Å². The topological polar surface area (TPSA) is 92.7 Å². The van der Waals surface area contributed by atoms with E-state index in [2.05, 4.69) is 9.80 Å². The van der Waals surface area contributed by atoms with Crippen molar-refractivity contribution in [2.24, 2.45) is 11.5 Å². The molecule has 4 N–H and O–H groups in total. The minimum atomic E-state index is -0.393. The minimum Gasteiger partial charge on any atom is -0.366 e. The number of hydrogen-bond acceptors (Lipinski definition) is 4. The molecule has 6 heteroatoms. The van der Waals surface area contributed by atoms with Gasteiger partial charge < -0.3 is 11.5 Å². The molecule has 27 heavy (non-hydrogen) atoms. The second-order valence-corrected chi connectivity index (χ2v) is 7.03. The molecule has 6 nitrogen and oxygen atoms in total. The van der Waals surface area contributed by atoms with Crippen LogP contribution in [0.4, 0.5) is 0 Å². The summed E-state index contributed by atoms with van der Waals surface area (Å²) in [5.41, 5.74) is 14.1. The van der Waals surface area contributed by atoms with Crippen molar-refractivity contribution in [2.45, 2.75) is 19.5 Å². The van der Waals surface area contributed by atoms with Gasteiger partial charge in [-0.2, -0.15) is 0 Å². The molecule has 1 aliphatic heterocycles. The average molecular weight is 366 g/mol. The summed E-state index contributed by atoms with van der Waals surface area (Å²) in [6, 6.07) is 15.1. The molecule has 3 rings (SSSR count). The van der Waals surface area contributed by atoms with Gasteiger partial charge in [0.2, 0.25) is 11.8 Å².